The molecule has 128 valence electrons. The van der Waals surface area contributed by atoms with Crippen molar-refractivity contribution in [3.63, 3.8) is 0 Å². The summed E-state index contributed by atoms with van der Waals surface area (Å²) in [4.78, 5) is 17.1. The molecule has 2 aromatic heterocycles. The average molecular weight is 401 g/mol. The number of hydrogen-bond donors (Lipinski definition) is 1. The molecule has 5 nitrogen and oxygen atoms in total. The molecule has 6 heteroatoms. The number of pyridine rings is 1. The van der Waals surface area contributed by atoms with Gasteiger partial charge in [-0.25, -0.2) is 4.98 Å². The number of amides is 1. The summed E-state index contributed by atoms with van der Waals surface area (Å²) in [5.41, 5.74) is 2.42. The van der Waals surface area contributed by atoms with Crippen molar-refractivity contribution in [3.8, 4) is 17.2 Å². The fourth-order valence-electron chi connectivity index (χ4n) is 2.43. The first kappa shape index (κ1) is 17.2. The lowest BCUT2D eigenvalue weighted by Crippen LogP contribution is -2.15. The number of rotatable bonds is 5. The molecule has 0 fully saturated rings. The summed E-state index contributed by atoms with van der Waals surface area (Å²) in [5, 5.41) is 2.89. The van der Waals surface area contributed by atoms with Gasteiger partial charge in [-0.05, 0) is 56.3 Å². The van der Waals surface area contributed by atoms with E-state index in [0.29, 0.717) is 40.8 Å². The quantitative estimate of drug-likeness (QED) is 0.649. The summed E-state index contributed by atoms with van der Waals surface area (Å²) in [6.45, 7) is 4.21. The highest BCUT2D eigenvalue weighted by molar-refractivity contribution is 9.10. The number of hydrogen-bond acceptors (Lipinski definition) is 4. The first-order valence-electron chi connectivity index (χ1n) is 7.83. The van der Waals surface area contributed by atoms with Gasteiger partial charge >= 0.3 is 0 Å². The maximum absolute atomic E-state index is 12.7. The number of ether oxygens (including phenoxy) is 1. The minimum absolute atomic E-state index is 0.241. The van der Waals surface area contributed by atoms with Crippen LogP contribution in [-0.4, -0.2) is 17.5 Å². The summed E-state index contributed by atoms with van der Waals surface area (Å²) in [6, 6.07) is 12.6. The zero-order valence-corrected chi connectivity index (χ0v) is 15.5. The molecule has 2 heterocycles. The van der Waals surface area contributed by atoms with Crippen LogP contribution in [0.1, 0.15) is 23.0 Å². The Hall–Kier alpha value is -2.60. The van der Waals surface area contributed by atoms with Crippen molar-refractivity contribution < 1.29 is 13.9 Å². The molecule has 0 aliphatic heterocycles. The topological polar surface area (TPSA) is 64.4 Å². The van der Waals surface area contributed by atoms with Crippen molar-refractivity contribution in [3.05, 3.63) is 64.5 Å². The van der Waals surface area contributed by atoms with E-state index in [1.165, 1.54) is 0 Å². The molecule has 3 rings (SSSR count). The molecule has 3 aromatic rings. The number of carbonyl (C=O) groups is 1. The average Bonchev–Trinajstić information content (AvgIpc) is 3.12. The maximum atomic E-state index is 12.7. The van der Waals surface area contributed by atoms with Crippen LogP contribution in [0.4, 0.5) is 5.69 Å². The molecule has 1 N–H and O–H groups in total. The Labute approximate surface area is 154 Å². The second-order valence-corrected chi connectivity index (χ2v) is 6.25. The van der Waals surface area contributed by atoms with Crippen LogP contribution in [0.25, 0.3) is 11.5 Å². The molecule has 0 unspecified atom stereocenters. The maximum Gasteiger partial charge on any atom is 0.257 e. The van der Waals surface area contributed by atoms with Crippen LogP contribution < -0.4 is 10.1 Å². The number of carbonyl (C=O) groups excluding carboxylic acids is 1. The zero-order chi connectivity index (χ0) is 17.8. The molecular weight excluding hydrogens is 384 g/mol. The van der Waals surface area contributed by atoms with Crippen LogP contribution >= 0.6 is 15.9 Å². The predicted molar refractivity (Wildman–Crippen MR) is 99.9 cm³/mol. The van der Waals surface area contributed by atoms with E-state index in [1.807, 2.05) is 31.2 Å². The molecule has 0 radical (unpaired) electrons. The van der Waals surface area contributed by atoms with Crippen molar-refractivity contribution in [1.29, 1.82) is 0 Å². The summed E-state index contributed by atoms with van der Waals surface area (Å²) in [7, 11) is 0. The van der Waals surface area contributed by atoms with Gasteiger partial charge in [0.15, 0.2) is 5.76 Å². The molecule has 25 heavy (non-hydrogen) atoms. The van der Waals surface area contributed by atoms with Crippen LogP contribution in [0.15, 0.2) is 57.6 Å². The van der Waals surface area contributed by atoms with Crippen molar-refractivity contribution in [1.82, 2.24) is 4.98 Å². The summed E-state index contributed by atoms with van der Waals surface area (Å²) in [5.74, 6) is 1.05. The molecule has 0 bridgehead atoms. The number of halogens is 1. The Bertz CT molecular complexity index is 892. The summed E-state index contributed by atoms with van der Waals surface area (Å²) in [6.07, 6.45) is 1.59. The molecule has 0 aliphatic rings. The fraction of sp³-hybridized carbons (Fsp3) is 0.158. The van der Waals surface area contributed by atoms with E-state index in [4.69, 9.17) is 9.15 Å². The summed E-state index contributed by atoms with van der Waals surface area (Å²) < 4.78 is 11.8. The van der Waals surface area contributed by atoms with Gasteiger partial charge in [-0.1, -0.05) is 15.9 Å². The van der Waals surface area contributed by atoms with E-state index in [0.717, 1.165) is 4.47 Å². The lowest BCUT2D eigenvalue weighted by molar-refractivity contribution is 0.102. The highest BCUT2D eigenvalue weighted by Gasteiger charge is 2.15. The first-order valence-corrected chi connectivity index (χ1v) is 8.63. The Morgan fingerprint density at radius 2 is 2.12 bits per heavy atom. The molecule has 1 aromatic carbocycles. The Balaban J connectivity index is 1.86. The SMILES string of the molecule is CCOc1ccc(Br)cc1NC(=O)c1ccc(-c2ccco2)nc1C. The molecule has 0 spiro atoms. The van der Waals surface area contributed by atoms with Gasteiger partial charge in [0.2, 0.25) is 0 Å². The minimum atomic E-state index is -0.241. The van der Waals surface area contributed by atoms with Gasteiger partial charge in [0.25, 0.3) is 5.91 Å². The molecule has 0 aliphatic carbocycles. The van der Waals surface area contributed by atoms with E-state index in [9.17, 15) is 4.79 Å². The number of anilines is 1. The van der Waals surface area contributed by atoms with E-state index >= 15 is 0 Å². The smallest absolute Gasteiger partial charge is 0.257 e. The van der Waals surface area contributed by atoms with E-state index < -0.39 is 0 Å². The normalized spacial score (nSPS) is 10.5. The zero-order valence-electron chi connectivity index (χ0n) is 13.9. The highest BCUT2D eigenvalue weighted by atomic mass is 79.9. The third-order valence-electron chi connectivity index (χ3n) is 3.59. The van der Waals surface area contributed by atoms with Crippen LogP contribution in [0.5, 0.6) is 5.75 Å². The van der Waals surface area contributed by atoms with Gasteiger partial charge in [-0.2, -0.15) is 0 Å². The number of nitrogens with one attached hydrogen (secondary N) is 1. The fourth-order valence-corrected chi connectivity index (χ4v) is 2.79. The van der Waals surface area contributed by atoms with Crippen molar-refractivity contribution in [2.45, 2.75) is 13.8 Å². The molecule has 0 atom stereocenters. The third kappa shape index (κ3) is 3.91. The molecule has 0 saturated heterocycles. The second kappa shape index (κ2) is 7.53. The number of nitrogens with zero attached hydrogens (tertiary/aromatic N) is 1. The van der Waals surface area contributed by atoms with Gasteiger partial charge in [0, 0.05) is 4.47 Å². The lowest BCUT2D eigenvalue weighted by Gasteiger charge is -2.13. The standard InChI is InChI=1S/C19H17BrN2O3/c1-3-24-18-9-6-13(20)11-16(18)22-19(23)14-7-8-15(21-12(14)2)17-5-4-10-25-17/h4-11H,3H2,1-2H3,(H,22,23). The third-order valence-corrected chi connectivity index (χ3v) is 4.09. The number of benzene rings is 1. The van der Waals surface area contributed by atoms with Gasteiger partial charge in [0.05, 0.1) is 29.8 Å². The van der Waals surface area contributed by atoms with Crippen molar-refractivity contribution in [2.75, 3.05) is 11.9 Å². The predicted octanol–water partition coefficient (Wildman–Crippen LogP) is 5.06. The van der Waals surface area contributed by atoms with Crippen molar-refractivity contribution in [2.24, 2.45) is 0 Å². The molecule has 1 amide bonds. The van der Waals surface area contributed by atoms with E-state index in [2.05, 4.69) is 26.2 Å². The Morgan fingerprint density at radius 1 is 1.28 bits per heavy atom. The van der Waals surface area contributed by atoms with Gasteiger partial charge < -0.3 is 14.5 Å². The number of aryl methyl sites for hydroxylation is 1. The number of aromatic nitrogens is 1. The van der Waals surface area contributed by atoms with Gasteiger partial charge in [-0.3, -0.25) is 4.79 Å². The lowest BCUT2D eigenvalue weighted by atomic mass is 10.1. The molecular formula is C19H17BrN2O3. The van der Waals surface area contributed by atoms with Gasteiger partial charge in [-0.15, -0.1) is 0 Å². The molecule has 0 saturated carbocycles. The minimum Gasteiger partial charge on any atom is -0.492 e. The first-order chi connectivity index (χ1) is 12.1. The Morgan fingerprint density at radius 3 is 2.80 bits per heavy atom. The van der Waals surface area contributed by atoms with Crippen LogP contribution in [-0.2, 0) is 0 Å². The Kier molecular flexibility index (Phi) is 5.19. The van der Waals surface area contributed by atoms with Crippen LogP contribution in [0, 0.1) is 6.92 Å². The van der Waals surface area contributed by atoms with E-state index in [-0.39, 0.29) is 5.91 Å². The monoisotopic (exact) mass is 400 g/mol. The van der Waals surface area contributed by atoms with Gasteiger partial charge in [0.1, 0.15) is 11.4 Å². The second-order valence-electron chi connectivity index (χ2n) is 5.33. The van der Waals surface area contributed by atoms with Crippen LogP contribution in [0.2, 0.25) is 0 Å². The highest BCUT2D eigenvalue weighted by Crippen LogP contribution is 2.29. The van der Waals surface area contributed by atoms with Crippen molar-refractivity contribution >= 4 is 27.5 Å². The largest absolute Gasteiger partial charge is 0.492 e. The number of furan rings is 1. The summed E-state index contributed by atoms with van der Waals surface area (Å²) >= 11 is 3.41. The van der Waals surface area contributed by atoms with E-state index in [1.54, 1.807) is 31.4 Å². The van der Waals surface area contributed by atoms with Crippen LogP contribution in [0.3, 0.4) is 0 Å².